The molecule has 6 nitrogen and oxygen atoms in total. The van der Waals surface area contributed by atoms with Gasteiger partial charge in [-0.25, -0.2) is 9.67 Å². The van der Waals surface area contributed by atoms with Crippen LogP contribution in [0.5, 0.6) is 0 Å². The van der Waals surface area contributed by atoms with Crippen molar-refractivity contribution in [2.24, 2.45) is 16.7 Å². The zero-order valence-electron chi connectivity index (χ0n) is 13.3. The molecule has 0 radical (unpaired) electrons. The summed E-state index contributed by atoms with van der Waals surface area (Å²) in [5.41, 5.74) is 11.2. The van der Waals surface area contributed by atoms with E-state index in [2.05, 4.69) is 30.9 Å². The minimum atomic E-state index is -1.07. The SMILES string of the molecule is CC1(C)C2CCC1(C)C(O)(n1nc(N)c3ccc(N)nc31)C2. The van der Waals surface area contributed by atoms with Gasteiger partial charge in [-0.3, -0.25) is 0 Å². The van der Waals surface area contributed by atoms with E-state index in [9.17, 15) is 5.11 Å². The Labute approximate surface area is 129 Å². The molecule has 2 saturated carbocycles. The summed E-state index contributed by atoms with van der Waals surface area (Å²) in [6, 6.07) is 3.53. The molecule has 2 aromatic heterocycles. The van der Waals surface area contributed by atoms with Gasteiger partial charge in [0.15, 0.2) is 17.2 Å². The predicted octanol–water partition coefficient (Wildman–Crippen LogP) is 2.09. The van der Waals surface area contributed by atoms with E-state index in [4.69, 9.17) is 11.5 Å². The number of pyridine rings is 1. The highest BCUT2D eigenvalue weighted by Gasteiger charge is 2.70. The molecule has 6 heteroatoms. The van der Waals surface area contributed by atoms with Crippen LogP contribution < -0.4 is 11.5 Å². The third-order valence-electron chi connectivity index (χ3n) is 6.78. The number of hydrogen-bond donors (Lipinski definition) is 3. The molecular formula is C16H23N5O. The second-order valence-corrected chi connectivity index (χ2v) is 7.71. The molecule has 3 unspecified atom stereocenters. The molecule has 0 amide bonds. The fraction of sp³-hybridized carbons (Fsp3) is 0.625. The fourth-order valence-corrected chi connectivity index (χ4v) is 4.85. The summed E-state index contributed by atoms with van der Waals surface area (Å²) in [7, 11) is 0. The second-order valence-electron chi connectivity index (χ2n) is 7.71. The number of aromatic nitrogens is 3. The summed E-state index contributed by atoms with van der Waals surface area (Å²) in [5, 5.41) is 16.8. The zero-order chi connectivity index (χ0) is 15.9. The summed E-state index contributed by atoms with van der Waals surface area (Å²) >= 11 is 0. The van der Waals surface area contributed by atoms with E-state index in [-0.39, 0.29) is 10.8 Å². The highest BCUT2D eigenvalue weighted by Crippen LogP contribution is 2.71. The average molecular weight is 301 g/mol. The van der Waals surface area contributed by atoms with Gasteiger partial charge in [0.2, 0.25) is 0 Å². The lowest BCUT2D eigenvalue weighted by Crippen LogP contribution is -2.49. The fourth-order valence-electron chi connectivity index (χ4n) is 4.85. The molecule has 0 spiro atoms. The number of fused-ring (bicyclic) bond motifs is 3. The molecule has 2 fully saturated rings. The number of anilines is 2. The van der Waals surface area contributed by atoms with Gasteiger partial charge in [0.05, 0.1) is 5.39 Å². The Bertz CT molecular complexity index is 782. The van der Waals surface area contributed by atoms with E-state index < -0.39 is 5.72 Å². The van der Waals surface area contributed by atoms with Crippen molar-refractivity contribution in [1.29, 1.82) is 0 Å². The highest BCUT2D eigenvalue weighted by atomic mass is 16.3. The molecule has 3 atom stereocenters. The number of nitrogens with zero attached hydrogens (tertiary/aromatic N) is 3. The van der Waals surface area contributed by atoms with Gasteiger partial charge < -0.3 is 16.6 Å². The van der Waals surface area contributed by atoms with Gasteiger partial charge in [0, 0.05) is 11.8 Å². The molecule has 2 aromatic rings. The summed E-state index contributed by atoms with van der Waals surface area (Å²) in [4.78, 5) is 4.39. The van der Waals surface area contributed by atoms with Crippen LogP contribution in [0.3, 0.4) is 0 Å². The van der Waals surface area contributed by atoms with E-state index in [1.54, 1.807) is 10.7 Å². The molecule has 0 aliphatic heterocycles. The Morgan fingerprint density at radius 1 is 1.27 bits per heavy atom. The van der Waals surface area contributed by atoms with Crippen LogP contribution in [0.2, 0.25) is 0 Å². The van der Waals surface area contributed by atoms with E-state index in [1.807, 2.05) is 6.07 Å². The van der Waals surface area contributed by atoms with Crippen molar-refractivity contribution >= 4 is 22.7 Å². The van der Waals surface area contributed by atoms with Crippen LogP contribution in [-0.2, 0) is 5.72 Å². The lowest BCUT2D eigenvalue weighted by atomic mass is 9.67. The maximum absolute atomic E-state index is 11.6. The van der Waals surface area contributed by atoms with E-state index in [0.29, 0.717) is 29.6 Å². The summed E-state index contributed by atoms with van der Waals surface area (Å²) < 4.78 is 1.63. The lowest BCUT2D eigenvalue weighted by Gasteiger charge is -2.45. The maximum Gasteiger partial charge on any atom is 0.166 e. The van der Waals surface area contributed by atoms with Gasteiger partial charge in [-0.2, -0.15) is 5.10 Å². The van der Waals surface area contributed by atoms with Crippen LogP contribution in [-0.4, -0.2) is 19.9 Å². The first kappa shape index (κ1) is 13.8. The first-order valence-electron chi connectivity index (χ1n) is 7.84. The highest BCUT2D eigenvalue weighted by molar-refractivity contribution is 5.87. The Morgan fingerprint density at radius 2 is 2.00 bits per heavy atom. The van der Waals surface area contributed by atoms with Crippen LogP contribution in [0.15, 0.2) is 12.1 Å². The van der Waals surface area contributed by atoms with Crippen LogP contribution in [0.1, 0.15) is 40.0 Å². The van der Waals surface area contributed by atoms with Crippen LogP contribution in [0, 0.1) is 16.7 Å². The molecule has 2 heterocycles. The van der Waals surface area contributed by atoms with Crippen LogP contribution >= 0.6 is 0 Å². The van der Waals surface area contributed by atoms with Crippen molar-refractivity contribution in [3.8, 4) is 0 Å². The molecular weight excluding hydrogens is 278 g/mol. The molecule has 0 aromatic carbocycles. The third-order valence-corrected chi connectivity index (χ3v) is 6.78. The summed E-state index contributed by atoms with van der Waals surface area (Å²) in [6.07, 6.45) is 2.81. The quantitative estimate of drug-likeness (QED) is 0.748. The second kappa shape index (κ2) is 3.74. The summed E-state index contributed by atoms with van der Waals surface area (Å²) in [5.74, 6) is 1.27. The molecule has 22 heavy (non-hydrogen) atoms. The number of nitrogen functional groups attached to an aromatic ring is 2. The largest absolute Gasteiger partial charge is 0.384 e. The molecule has 0 saturated heterocycles. The molecule has 4 rings (SSSR count). The van der Waals surface area contributed by atoms with Crippen molar-refractivity contribution in [3.63, 3.8) is 0 Å². The topological polar surface area (TPSA) is 103 Å². The van der Waals surface area contributed by atoms with Crippen LogP contribution in [0.4, 0.5) is 11.6 Å². The standard InChI is InChI=1S/C16H23N5O/c1-14(2)9-6-7-15(14,3)16(22,8-9)21-13-10(12(18)20-21)4-5-11(17)19-13/h4-5,9,22H,6-8H2,1-3H3,(H2,17,19)(H2,18,20). The van der Waals surface area contributed by atoms with E-state index >= 15 is 0 Å². The first-order chi connectivity index (χ1) is 10.2. The molecule has 2 aliphatic rings. The van der Waals surface area contributed by atoms with Crippen molar-refractivity contribution in [3.05, 3.63) is 12.1 Å². The normalized spacial score (nSPS) is 36.3. The molecule has 2 aliphatic carbocycles. The van der Waals surface area contributed by atoms with Crippen LogP contribution in [0.25, 0.3) is 11.0 Å². The number of rotatable bonds is 1. The van der Waals surface area contributed by atoms with Gasteiger partial charge in [-0.05, 0) is 36.3 Å². The minimum Gasteiger partial charge on any atom is -0.384 e. The monoisotopic (exact) mass is 301 g/mol. The van der Waals surface area contributed by atoms with Crippen molar-refractivity contribution in [2.45, 2.75) is 45.8 Å². The number of nitrogens with two attached hydrogens (primary N) is 2. The average Bonchev–Trinajstić information content (AvgIpc) is 2.94. The molecule has 118 valence electrons. The number of hydrogen-bond acceptors (Lipinski definition) is 5. The van der Waals surface area contributed by atoms with Gasteiger partial charge in [-0.1, -0.05) is 20.8 Å². The van der Waals surface area contributed by atoms with E-state index in [1.165, 1.54) is 0 Å². The third kappa shape index (κ3) is 1.30. The Morgan fingerprint density at radius 3 is 2.59 bits per heavy atom. The Kier molecular flexibility index (Phi) is 2.35. The van der Waals surface area contributed by atoms with Crippen molar-refractivity contribution in [1.82, 2.24) is 14.8 Å². The van der Waals surface area contributed by atoms with Gasteiger partial charge in [0.1, 0.15) is 5.82 Å². The van der Waals surface area contributed by atoms with Crippen molar-refractivity contribution < 1.29 is 5.11 Å². The summed E-state index contributed by atoms with van der Waals surface area (Å²) in [6.45, 7) is 6.66. The van der Waals surface area contributed by atoms with E-state index in [0.717, 1.165) is 18.2 Å². The van der Waals surface area contributed by atoms with Crippen molar-refractivity contribution in [2.75, 3.05) is 11.5 Å². The smallest absolute Gasteiger partial charge is 0.166 e. The molecule has 5 N–H and O–H groups in total. The molecule has 2 bridgehead atoms. The predicted molar refractivity (Wildman–Crippen MR) is 85.8 cm³/mol. The lowest BCUT2D eigenvalue weighted by molar-refractivity contribution is -0.157. The maximum atomic E-state index is 11.6. The minimum absolute atomic E-state index is 0.0507. The first-order valence-corrected chi connectivity index (χ1v) is 7.84. The van der Waals surface area contributed by atoms with Gasteiger partial charge in [-0.15, -0.1) is 0 Å². The Balaban J connectivity index is 1.98. The van der Waals surface area contributed by atoms with Gasteiger partial charge in [0.25, 0.3) is 0 Å². The zero-order valence-corrected chi connectivity index (χ0v) is 13.3. The number of aliphatic hydroxyl groups is 1. The van der Waals surface area contributed by atoms with Gasteiger partial charge >= 0.3 is 0 Å². The Hall–Kier alpha value is -1.82.